The summed E-state index contributed by atoms with van der Waals surface area (Å²) in [7, 11) is 0. The summed E-state index contributed by atoms with van der Waals surface area (Å²) < 4.78 is 2.21. The first-order valence-corrected chi connectivity index (χ1v) is 2.93. The predicted octanol–water partition coefficient (Wildman–Crippen LogP) is 0.613. The van der Waals surface area contributed by atoms with Crippen molar-refractivity contribution < 1.29 is 5.11 Å². The van der Waals surface area contributed by atoms with Crippen molar-refractivity contribution in [3.63, 3.8) is 0 Å². The molecule has 0 aromatic heterocycles. The molecule has 0 saturated heterocycles. The van der Waals surface area contributed by atoms with Crippen molar-refractivity contribution in [2.75, 3.05) is 13.3 Å². The first-order chi connectivity index (χ1) is 4.20. The molecule has 1 rings (SSSR count). The molecule has 0 amide bonds. The van der Waals surface area contributed by atoms with Crippen LogP contribution in [0.3, 0.4) is 0 Å². The van der Waals surface area contributed by atoms with E-state index in [4.69, 9.17) is 23.6 Å². The Morgan fingerprint density at radius 2 is 2.22 bits per heavy atom. The van der Waals surface area contributed by atoms with Crippen LogP contribution in [0.1, 0.15) is 0 Å². The van der Waals surface area contributed by atoms with Crippen molar-refractivity contribution in [2.24, 2.45) is 4.99 Å². The lowest BCUT2D eigenvalue weighted by atomic mass is 10.8. The number of hydrogen-bond donors (Lipinski definition) is 0. The second kappa shape index (κ2) is 2.60. The summed E-state index contributed by atoms with van der Waals surface area (Å²) in [6.45, 7) is 0.426. The van der Waals surface area contributed by atoms with Crippen molar-refractivity contribution in [3.8, 4) is 0 Å². The lowest BCUT2D eigenvalue weighted by Gasteiger charge is -2.20. The summed E-state index contributed by atoms with van der Waals surface area (Å²) in [6.07, 6.45) is 0. The Balaban J connectivity index is 2.56. The molecule has 51 valence electrons. The van der Waals surface area contributed by atoms with Crippen LogP contribution >= 0.6 is 23.6 Å². The lowest BCUT2D eigenvalue weighted by Crippen LogP contribution is -2.35. The van der Waals surface area contributed by atoms with Crippen molar-refractivity contribution in [2.45, 2.75) is 0 Å². The molecule has 0 aromatic rings. The van der Waals surface area contributed by atoms with Gasteiger partial charge in [0.1, 0.15) is 13.3 Å². The highest BCUT2D eigenvalue weighted by Crippen LogP contribution is 2.07. The van der Waals surface area contributed by atoms with Crippen LogP contribution < -0.4 is 0 Å². The van der Waals surface area contributed by atoms with E-state index in [2.05, 4.69) is 4.99 Å². The Bertz CT molecular complexity index is 139. The molecule has 0 spiro atoms. The highest BCUT2D eigenvalue weighted by atomic mass is 35.5. The van der Waals surface area contributed by atoms with Crippen molar-refractivity contribution in [1.29, 1.82) is 0 Å². The predicted molar refractivity (Wildman–Crippen MR) is 33.2 cm³/mol. The molecule has 0 unspecified atom stereocenters. The average molecular weight is 169 g/mol. The molecule has 1 aliphatic rings. The average Bonchev–Trinajstić information content (AvgIpc) is 1.80. The van der Waals surface area contributed by atoms with Gasteiger partial charge in [0.15, 0.2) is 0 Å². The first kappa shape index (κ1) is 6.92. The Morgan fingerprint density at radius 3 is 2.67 bits per heavy atom. The zero-order chi connectivity index (χ0) is 6.85. The van der Waals surface area contributed by atoms with Gasteiger partial charge in [-0.25, -0.2) is 14.5 Å². The molecule has 1 radical (unpaired) electrons. The number of amidine groups is 1. The van der Waals surface area contributed by atoms with E-state index in [1.54, 1.807) is 0 Å². The number of halogens is 2. The Kier molecular flexibility index (Phi) is 2.00. The largest absolute Gasteiger partial charge is 0.356 e. The Labute approximate surface area is 62.5 Å². The summed E-state index contributed by atoms with van der Waals surface area (Å²) in [4.78, 5) is 3.44. The summed E-state index contributed by atoms with van der Waals surface area (Å²) in [5, 5.41) is 10.5. The topological polar surface area (TPSA) is 38.7 Å². The molecule has 0 bridgehead atoms. The molecule has 0 fully saturated rings. The van der Waals surface area contributed by atoms with E-state index >= 15 is 0 Å². The molecule has 0 atom stereocenters. The molecule has 0 aromatic carbocycles. The molecule has 1 aliphatic heterocycles. The minimum Gasteiger partial charge on any atom is -0.245 e. The van der Waals surface area contributed by atoms with Gasteiger partial charge >= 0.3 is 6.02 Å². The van der Waals surface area contributed by atoms with Crippen LogP contribution in [0.2, 0.25) is 0 Å². The van der Waals surface area contributed by atoms with E-state index < -0.39 is 6.02 Å². The summed E-state index contributed by atoms with van der Waals surface area (Å²) in [5.74, 6) is 0. The fourth-order valence-corrected chi connectivity index (χ4v) is 0.851. The van der Waals surface area contributed by atoms with E-state index in [-0.39, 0.29) is 13.3 Å². The highest BCUT2D eigenvalue weighted by Gasteiger charge is 2.17. The van der Waals surface area contributed by atoms with Gasteiger partial charge in [-0.1, -0.05) is 0 Å². The van der Waals surface area contributed by atoms with Gasteiger partial charge in [0.25, 0.3) is 0 Å². The van der Waals surface area contributed by atoms with Gasteiger partial charge in [0.05, 0.1) is 0 Å². The maximum atomic E-state index is 10.5. The monoisotopic (exact) mass is 168 g/mol. The third-order valence-corrected chi connectivity index (χ3v) is 1.31. The van der Waals surface area contributed by atoms with Crippen molar-refractivity contribution >= 4 is 29.6 Å². The molecule has 6 heteroatoms. The van der Waals surface area contributed by atoms with Gasteiger partial charge in [-0.3, -0.25) is 0 Å². The van der Waals surface area contributed by atoms with E-state index in [0.29, 0.717) is 0 Å². The summed E-state index contributed by atoms with van der Waals surface area (Å²) >= 11 is 10.8. The van der Waals surface area contributed by atoms with E-state index in [0.717, 1.165) is 4.42 Å². The van der Waals surface area contributed by atoms with Crippen LogP contribution in [0.4, 0.5) is 0 Å². The smallest absolute Gasteiger partial charge is 0.245 e. The Morgan fingerprint density at radius 1 is 1.56 bits per heavy atom. The van der Waals surface area contributed by atoms with Gasteiger partial charge in [-0.05, 0) is 11.8 Å². The van der Waals surface area contributed by atoms with Crippen molar-refractivity contribution in [1.82, 2.24) is 8.84 Å². The molecule has 0 N–H and O–H groups in total. The normalized spacial score (nSPS) is 22.0. The van der Waals surface area contributed by atoms with Gasteiger partial charge in [0.2, 0.25) is 0 Å². The Hall–Kier alpha value is -0.190. The molecule has 0 saturated carbocycles. The second-order valence-corrected chi connectivity index (χ2v) is 2.43. The van der Waals surface area contributed by atoms with E-state index in [9.17, 15) is 5.11 Å². The summed E-state index contributed by atoms with van der Waals surface area (Å²) in [5.41, 5.74) is 0. The first-order valence-electron chi connectivity index (χ1n) is 2.25. The SMILES string of the molecule is [O]C1=NCN(Cl)CN1Cl. The van der Waals surface area contributed by atoms with Crippen LogP contribution in [-0.4, -0.2) is 28.2 Å². The van der Waals surface area contributed by atoms with Gasteiger partial charge in [0, 0.05) is 11.8 Å². The van der Waals surface area contributed by atoms with E-state index in [1.807, 2.05) is 0 Å². The van der Waals surface area contributed by atoms with Crippen molar-refractivity contribution in [3.05, 3.63) is 0 Å². The molecule has 1 heterocycles. The molecule has 0 aliphatic carbocycles. The van der Waals surface area contributed by atoms with E-state index in [1.165, 1.54) is 4.42 Å². The third kappa shape index (κ3) is 1.61. The maximum absolute atomic E-state index is 10.5. The fraction of sp³-hybridized carbons (Fsp3) is 0.667. The molecular weight excluding hydrogens is 165 g/mol. The minimum atomic E-state index is -0.437. The standard InChI is InChI=1S/C3H4Cl2N3O/c4-7-1-6-3(9)8(5)2-7/h1-2H2. The fourth-order valence-electron chi connectivity index (χ4n) is 0.454. The number of nitrogens with zero attached hydrogens (tertiary/aromatic N) is 3. The van der Waals surface area contributed by atoms with Gasteiger partial charge < -0.3 is 0 Å². The highest BCUT2D eigenvalue weighted by molar-refractivity contribution is 6.21. The third-order valence-electron chi connectivity index (χ3n) is 0.845. The second-order valence-electron chi connectivity index (χ2n) is 1.55. The summed E-state index contributed by atoms with van der Waals surface area (Å²) in [6, 6.07) is -0.437. The lowest BCUT2D eigenvalue weighted by molar-refractivity contribution is 0.274. The van der Waals surface area contributed by atoms with Crippen LogP contribution in [0, 0.1) is 0 Å². The zero-order valence-corrected chi connectivity index (χ0v) is 5.93. The molecule has 9 heavy (non-hydrogen) atoms. The van der Waals surface area contributed by atoms with Gasteiger partial charge in [-0.2, -0.15) is 4.42 Å². The van der Waals surface area contributed by atoms with Crippen LogP contribution in [0.15, 0.2) is 4.99 Å². The number of hydrogen-bond acceptors (Lipinski definition) is 3. The van der Waals surface area contributed by atoms with Crippen LogP contribution in [-0.2, 0) is 5.11 Å². The van der Waals surface area contributed by atoms with Crippen LogP contribution in [0.5, 0.6) is 0 Å². The van der Waals surface area contributed by atoms with Crippen LogP contribution in [0.25, 0.3) is 0 Å². The molecule has 4 nitrogen and oxygen atoms in total. The maximum Gasteiger partial charge on any atom is 0.356 e. The minimum absolute atomic E-state index is 0.212. The molecular formula is C3H4Cl2N3O. The number of aliphatic imine (C=N–C) groups is 1. The van der Waals surface area contributed by atoms with Gasteiger partial charge in [-0.15, -0.1) is 0 Å². The zero-order valence-electron chi connectivity index (χ0n) is 4.42. The number of rotatable bonds is 0. The quantitative estimate of drug-likeness (QED) is 0.498.